The standard InChI is InChI=1S/C15H17NO/c1-3-4-7-10-16-11-14-12(2)17-15-9-6-5-8-13(14)15/h1,5-6,8-9,16H,4,7,10-11H2,2H3. The molecule has 0 unspecified atom stereocenters. The number of terminal acetylenes is 1. The highest BCUT2D eigenvalue weighted by molar-refractivity contribution is 5.82. The van der Waals surface area contributed by atoms with Crippen molar-refractivity contribution in [2.45, 2.75) is 26.3 Å². The molecular weight excluding hydrogens is 210 g/mol. The molecular formula is C15H17NO. The number of nitrogens with one attached hydrogen (secondary N) is 1. The summed E-state index contributed by atoms with van der Waals surface area (Å²) in [6, 6.07) is 8.14. The van der Waals surface area contributed by atoms with Gasteiger partial charge in [-0.25, -0.2) is 0 Å². The fraction of sp³-hybridized carbons (Fsp3) is 0.333. The molecule has 0 aliphatic carbocycles. The number of benzene rings is 1. The third-order valence-electron chi connectivity index (χ3n) is 2.88. The number of fused-ring (bicyclic) bond motifs is 1. The van der Waals surface area contributed by atoms with Gasteiger partial charge in [0.05, 0.1) is 0 Å². The number of aryl methyl sites for hydroxylation is 1. The third kappa shape index (κ3) is 2.69. The molecule has 0 aliphatic heterocycles. The molecule has 0 saturated heterocycles. The van der Waals surface area contributed by atoms with Crippen molar-refractivity contribution in [1.82, 2.24) is 5.32 Å². The zero-order valence-electron chi connectivity index (χ0n) is 10.1. The van der Waals surface area contributed by atoms with Gasteiger partial charge in [-0.2, -0.15) is 0 Å². The van der Waals surface area contributed by atoms with Gasteiger partial charge in [0.15, 0.2) is 0 Å². The van der Waals surface area contributed by atoms with Crippen molar-refractivity contribution in [2.24, 2.45) is 0 Å². The lowest BCUT2D eigenvalue weighted by atomic mass is 10.1. The van der Waals surface area contributed by atoms with Crippen molar-refractivity contribution >= 4 is 11.0 Å². The lowest BCUT2D eigenvalue weighted by molar-refractivity contribution is 0.564. The van der Waals surface area contributed by atoms with Gasteiger partial charge >= 0.3 is 0 Å². The van der Waals surface area contributed by atoms with E-state index >= 15 is 0 Å². The van der Waals surface area contributed by atoms with Crippen LogP contribution in [-0.4, -0.2) is 6.54 Å². The largest absolute Gasteiger partial charge is 0.461 e. The molecule has 88 valence electrons. The van der Waals surface area contributed by atoms with Gasteiger partial charge in [0, 0.05) is 23.9 Å². The van der Waals surface area contributed by atoms with E-state index in [0.717, 1.165) is 37.3 Å². The Labute approximate surface area is 102 Å². The van der Waals surface area contributed by atoms with E-state index in [1.165, 1.54) is 10.9 Å². The first-order valence-electron chi connectivity index (χ1n) is 5.94. The highest BCUT2D eigenvalue weighted by Crippen LogP contribution is 2.24. The first-order chi connectivity index (χ1) is 8.33. The molecule has 0 saturated carbocycles. The molecule has 2 rings (SSSR count). The molecule has 0 bridgehead atoms. The third-order valence-corrected chi connectivity index (χ3v) is 2.88. The maximum Gasteiger partial charge on any atom is 0.134 e. The van der Waals surface area contributed by atoms with E-state index in [-0.39, 0.29) is 0 Å². The Balaban J connectivity index is 2.03. The lowest BCUT2D eigenvalue weighted by Gasteiger charge is -2.02. The molecule has 1 aromatic carbocycles. The monoisotopic (exact) mass is 227 g/mol. The van der Waals surface area contributed by atoms with E-state index in [1.54, 1.807) is 0 Å². The van der Waals surface area contributed by atoms with Gasteiger partial charge in [-0.1, -0.05) is 18.2 Å². The van der Waals surface area contributed by atoms with Crippen LogP contribution in [0.1, 0.15) is 24.2 Å². The second kappa shape index (κ2) is 5.56. The highest BCUT2D eigenvalue weighted by atomic mass is 16.3. The van der Waals surface area contributed by atoms with Crippen LogP contribution in [0.5, 0.6) is 0 Å². The minimum absolute atomic E-state index is 0.831. The molecule has 0 aliphatic rings. The molecule has 2 aromatic rings. The van der Waals surface area contributed by atoms with Crippen LogP contribution in [0.15, 0.2) is 28.7 Å². The summed E-state index contributed by atoms with van der Waals surface area (Å²) in [7, 11) is 0. The summed E-state index contributed by atoms with van der Waals surface area (Å²) in [5, 5.41) is 4.60. The first kappa shape index (κ1) is 11.8. The molecule has 2 nitrogen and oxygen atoms in total. The zero-order valence-corrected chi connectivity index (χ0v) is 10.1. The minimum Gasteiger partial charge on any atom is -0.461 e. The van der Waals surface area contributed by atoms with E-state index < -0.39 is 0 Å². The Hall–Kier alpha value is -1.72. The van der Waals surface area contributed by atoms with E-state index in [0.29, 0.717) is 0 Å². The molecule has 1 aromatic heterocycles. The Morgan fingerprint density at radius 1 is 1.35 bits per heavy atom. The van der Waals surface area contributed by atoms with Gasteiger partial charge in [-0.15, -0.1) is 12.3 Å². The van der Waals surface area contributed by atoms with Crippen LogP contribution in [0.2, 0.25) is 0 Å². The predicted molar refractivity (Wildman–Crippen MR) is 70.7 cm³/mol. The molecule has 2 heteroatoms. The van der Waals surface area contributed by atoms with Crippen molar-refractivity contribution in [1.29, 1.82) is 0 Å². The van der Waals surface area contributed by atoms with E-state index in [1.807, 2.05) is 25.1 Å². The molecule has 1 N–H and O–H groups in total. The number of para-hydroxylation sites is 1. The van der Waals surface area contributed by atoms with Crippen molar-refractivity contribution in [3.05, 3.63) is 35.6 Å². The van der Waals surface area contributed by atoms with Crippen LogP contribution < -0.4 is 5.32 Å². The molecule has 17 heavy (non-hydrogen) atoms. The lowest BCUT2D eigenvalue weighted by Crippen LogP contribution is -2.14. The first-order valence-corrected chi connectivity index (χ1v) is 5.94. The summed E-state index contributed by atoms with van der Waals surface area (Å²) in [4.78, 5) is 0. The van der Waals surface area contributed by atoms with Crippen molar-refractivity contribution in [3.63, 3.8) is 0 Å². The number of furan rings is 1. The Bertz CT molecular complexity index is 533. The summed E-state index contributed by atoms with van der Waals surface area (Å²) in [5.41, 5.74) is 2.21. The second-order valence-electron chi connectivity index (χ2n) is 4.12. The summed E-state index contributed by atoms with van der Waals surface area (Å²) >= 11 is 0. The fourth-order valence-corrected chi connectivity index (χ4v) is 1.97. The average molecular weight is 227 g/mol. The van der Waals surface area contributed by atoms with E-state index in [2.05, 4.69) is 17.3 Å². The van der Waals surface area contributed by atoms with Crippen LogP contribution in [0.3, 0.4) is 0 Å². The molecule has 0 spiro atoms. The van der Waals surface area contributed by atoms with Crippen LogP contribution in [0.25, 0.3) is 11.0 Å². The number of unbranched alkanes of at least 4 members (excludes halogenated alkanes) is 1. The maximum absolute atomic E-state index is 5.70. The van der Waals surface area contributed by atoms with Crippen LogP contribution in [0, 0.1) is 19.3 Å². The topological polar surface area (TPSA) is 25.2 Å². The Morgan fingerprint density at radius 3 is 3.00 bits per heavy atom. The smallest absolute Gasteiger partial charge is 0.134 e. The van der Waals surface area contributed by atoms with Crippen molar-refractivity contribution in [3.8, 4) is 12.3 Å². The number of rotatable bonds is 5. The summed E-state index contributed by atoms with van der Waals surface area (Å²) in [5.74, 6) is 3.64. The van der Waals surface area contributed by atoms with Gasteiger partial charge in [0.25, 0.3) is 0 Å². The molecule has 0 amide bonds. The van der Waals surface area contributed by atoms with Gasteiger partial charge in [-0.3, -0.25) is 0 Å². The van der Waals surface area contributed by atoms with Crippen LogP contribution in [0.4, 0.5) is 0 Å². The average Bonchev–Trinajstić information content (AvgIpc) is 2.65. The van der Waals surface area contributed by atoms with Crippen molar-refractivity contribution in [2.75, 3.05) is 6.54 Å². The van der Waals surface area contributed by atoms with Gasteiger partial charge in [-0.05, 0) is 26.0 Å². The van der Waals surface area contributed by atoms with E-state index in [4.69, 9.17) is 10.8 Å². The molecule has 1 heterocycles. The summed E-state index contributed by atoms with van der Waals surface area (Å²) in [6.45, 7) is 3.80. The molecule has 0 radical (unpaired) electrons. The van der Waals surface area contributed by atoms with Gasteiger partial charge < -0.3 is 9.73 Å². The molecule has 0 fully saturated rings. The second-order valence-corrected chi connectivity index (χ2v) is 4.12. The number of hydrogen-bond acceptors (Lipinski definition) is 2. The Morgan fingerprint density at radius 2 is 2.18 bits per heavy atom. The van der Waals surface area contributed by atoms with Gasteiger partial charge in [0.1, 0.15) is 11.3 Å². The zero-order chi connectivity index (χ0) is 12.1. The minimum atomic E-state index is 0.831. The molecule has 0 atom stereocenters. The highest BCUT2D eigenvalue weighted by Gasteiger charge is 2.08. The van der Waals surface area contributed by atoms with Crippen LogP contribution in [-0.2, 0) is 6.54 Å². The normalized spacial score (nSPS) is 10.6. The van der Waals surface area contributed by atoms with Crippen molar-refractivity contribution < 1.29 is 4.42 Å². The Kier molecular flexibility index (Phi) is 3.85. The predicted octanol–water partition coefficient (Wildman–Crippen LogP) is 3.24. The summed E-state index contributed by atoms with van der Waals surface area (Å²) < 4.78 is 5.70. The van der Waals surface area contributed by atoms with Gasteiger partial charge in [0.2, 0.25) is 0 Å². The fourth-order valence-electron chi connectivity index (χ4n) is 1.97. The SMILES string of the molecule is C#CCCCNCc1c(C)oc2ccccc12. The van der Waals surface area contributed by atoms with Crippen LogP contribution >= 0.6 is 0 Å². The maximum atomic E-state index is 5.70. The quantitative estimate of drug-likeness (QED) is 0.626. The number of hydrogen-bond donors (Lipinski definition) is 1. The van der Waals surface area contributed by atoms with E-state index in [9.17, 15) is 0 Å². The summed E-state index contributed by atoms with van der Waals surface area (Å²) in [6.07, 6.45) is 7.06.